The minimum absolute atomic E-state index is 0.000461. The van der Waals surface area contributed by atoms with Crippen LogP contribution in [0.4, 0.5) is 11.4 Å². The van der Waals surface area contributed by atoms with Crippen molar-refractivity contribution in [3.63, 3.8) is 0 Å². The van der Waals surface area contributed by atoms with Gasteiger partial charge in [0.15, 0.2) is 5.78 Å². The predicted molar refractivity (Wildman–Crippen MR) is 100 cm³/mol. The highest BCUT2D eigenvalue weighted by molar-refractivity contribution is 6.16. The SMILES string of the molecule is O=C(O)c1ccc([N+](=O)[O-])cc1C(=O)c1cc2c3c(c1O)CCCN3CCC2. The molecule has 2 heterocycles. The van der Waals surface area contributed by atoms with Crippen molar-refractivity contribution < 1.29 is 24.7 Å². The maximum Gasteiger partial charge on any atom is 0.336 e. The van der Waals surface area contributed by atoms with Gasteiger partial charge in [-0.15, -0.1) is 0 Å². The van der Waals surface area contributed by atoms with Crippen molar-refractivity contribution in [2.75, 3.05) is 18.0 Å². The summed E-state index contributed by atoms with van der Waals surface area (Å²) in [5.41, 5.74) is 1.62. The first-order valence-corrected chi connectivity index (χ1v) is 9.07. The molecular weight excluding hydrogens is 364 g/mol. The van der Waals surface area contributed by atoms with E-state index in [-0.39, 0.29) is 28.1 Å². The van der Waals surface area contributed by atoms with Crippen molar-refractivity contribution in [2.24, 2.45) is 0 Å². The number of nitro groups is 1. The number of aryl methyl sites for hydroxylation is 1. The maximum absolute atomic E-state index is 13.2. The number of hydrogen-bond donors (Lipinski definition) is 2. The van der Waals surface area contributed by atoms with E-state index in [9.17, 15) is 29.9 Å². The van der Waals surface area contributed by atoms with E-state index < -0.39 is 16.7 Å². The van der Waals surface area contributed by atoms with Crippen LogP contribution in [0.25, 0.3) is 0 Å². The molecular formula is C20H18N2O6. The second kappa shape index (κ2) is 6.63. The molecule has 0 radical (unpaired) electrons. The molecule has 2 aliphatic heterocycles. The Kier molecular flexibility index (Phi) is 4.26. The smallest absolute Gasteiger partial charge is 0.336 e. The lowest BCUT2D eigenvalue weighted by molar-refractivity contribution is -0.384. The second-order valence-corrected chi connectivity index (χ2v) is 7.07. The number of rotatable bonds is 4. The van der Waals surface area contributed by atoms with Crippen molar-refractivity contribution in [1.82, 2.24) is 0 Å². The van der Waals surface area contributed by atoms with E-state index in [1.807, 2.05) is 0 Å². The molecule has 0 aliphatic carbocycles. The van der Waals surface area contributed by atoms with Gasteiger partial charge in [-0.2, -0.15) is 0 Å². The number of nitro benzene ring substituents is 1. The summed E-state index contributed by atoms with van der Waals surface area (Å²) in [5.74, 6) is -2.23. The predicted octanol–water partition coefficient (Wildman–Crippen LogP) is 2.93. The highest BCUT2D eigenvalue weighted by Crippen LogP contribution is 2.42. The molecule has 8 heteroatoms. The molecule has 0 fully saturated rings. The number of carbonyl (C=O) groups excluding carboxylic acids is 1. The summed E-state index contributed by atoms with van der Waals surface area (Å²) < 4.78 is 0. The number of hydrogen-bond acceptors (Lipinski definition) is 6. The Labute approximate surface area is 160 Å². The average molecular weight is 382 g/mol. The Hall–Kier alpha value is -3.42. The fourth-order valence-electron chi connectivity index (χ4n) is 4.18. The number of ketones is 1. The van der Waals surface area contributed by atoms with E-state index in [0.717, 1.165) is 61.8 Å². The van der Waals surface area contributed by atoms with Crippen molar-refractivity contribution in [3.8, 4) is 5.75 Å². The minimum Gasteiger partial charge on any atom is -0.507 e. The lowest BCUT2D eigenvalue weighted by Gasteiger charge is -2.37. The quantitative estimate of drug-likeness (QED) is 0.474. The van der Waals surface area contributed by atoms with Gasteiger partial charge in [0.1, 0.15) is 5.75 Å². The number of phenols is 1. The molecule has 2 aromatic carbocycles. The number of benzene rings is 2. The van der Waals surface area contributed by atoms with Gasteiger partial charge < -0.3 is 15.1 Å². The Bertz CT molecular complexity index is 1030. The first kappa shape index (κ1) is 18.0. The Morgan fingerprint density at radius 2 is 1.75 bits per heavy atom. The summed E-state index contributed by atoms with van der Waals surface area (Å²) in [6, 6.07) is 4.67. The van der Waals surface area contributed by atoms with Crippen molar-refractivity contribution in [1.29, 1.82) is 0 Å². The zero-order valence-electron chi connectivity index (χ0n) is 15.0. The zero-order chi connectivity index (χ0) is 20.0. The molecule has 0 amide bonds. The number of aromatic hydroxyl groups is 1. The third kappa shape index (κ3) is 2.77. The summed E-state index contributed by atoms with van der Waals surface area (Å²) in [4.78, 5) is 37.3. The number of phenolic OH excluding ortho intramolecular Hbond substituents is 1. The molecule has 0 bridgehead atoms. The van der Waals surface area contributed by atoms with Gasteiger partial charge in [-0.05, 0) is 43.4 Å². The largest absolute Gasteiger partial charge is 0.507 e. The van der Waals surface area contributed by atoms with Gasteiger partial charge in [-0.1, -0.05) is 0 Å². The molecule has 2 aliphatic rings. The Morgan fingerprint density at radius 1 is 1.04 bits per heavy atom. The van der Waals surface area contributed by atoms with Gasteiger partial charge in [0.05, 0.1) is 16.1 Å². The number of carboxylic acid groups (broad SMARTS) is 1. The zero-order valence-corrected chi connectivity index (χ0v) is 15.0. The van der Waals surface area contributed by atoms with Crippen LogP contribution in [0.15, 0.2) is 24.3 Å². The normalized spacial score (nSPS) is 15.1. The summed E-state index contributed by atoms with van der Waals surface area (Å²) in [6.07, 6.45) is 3.18. The third-order valence-corrected chi connectivity index (χ3v) is 5.43. The second-order valence-electron chi connectivity index (χ2n) is 7.07. The minimum atomic E-state index is -1.36. The topological polar surface area (TPSA) is 121 Å². The highest BCUT2D eigenvalue weighted by Gasteiger charge is 2.31. The average Bonchev–Trinajstić information content (AvgIpc) is 2.69. The summed E-state index contributed by atoms with van der Waals surface area (Å²) in [6.45, 7) is 1.81. The molecule has 0 unspecified atom stereocenters. The lowest BCUT2D eigenvalue weighted by atomic mass is 9.86. The number of anilines is 1. The van der Waals surface area contributed by atoms with E-state index in [0.29, 0.717) is 12.0 Å². The number of carbonyl (C=O) groups is 2. The van der Waals surface area contributed by atoms with Crippen LogP contribution in [0.2, 0.25) is 0 Å². The van der Waals surface area contributed by atoms with Crippen LogP contribution in [-0.4, -0.2) is 40.0 Å². The fraction of sp³-hybridized carbons (Fsp3) is 0.300. The molecule has 28 heavy (non-hydrogen) atoms. The lowest BCUT2D eigenvalue weighted by Crippen LogP contribution is -2.34. The molecule has 2 aromatic rings. The maximum atomic E-state index is 13.2. The van der Waals surface area contributed by atoms with Crippen molar-refractivity contribution in [2.45, 2.75) is 25.7 Å². The molecule has 4 rings (SSSR count). The summed E-state index contributed by atoms with van der Waals surface area (Å²) in [7, 11) is 0. The van der Waals surface area contributed by atoms with Crippen LogP contribution in [0, 0.1) is 10.1 Å². The molecule has 0 saturated heterocycles. The number of nitrogens with zero attached hydrogens (tertiary/aromatic N) is 2. The monoisotopic (exact) mass is 382 g/mol. The molecule has 0 aromatic heterocycles. The first-order valence-electron chi connectivity index (χ1n) is 9.07. The Morgan fingerprint density at radius 3 is 2.43 bits per heavy atom. The van der Waals surface area contributed by atoms with Gasteiger partial charge in [0, 0.05) is 42.0 Å². The van der Waals surface area contributed by atoms with Gasteiger partial charge in [-0.25, -0.2) is 4.79 Å². The summed E-state index contributed by atoms with van der Waals surface area (Å²) >= 11 is 0. The van der Waals surface area contributed by atoms with E-state index in [2.05, 4.69) is 4.90 Å². The summed E-state index contributed by atoms with van der Waals surface area (Å²) in [5, 5.41) is 31.3. The molecule has 0 atom stereocenters. The van der Waals surface area contributed by atoms with E-state index >= 15 is 0 Å². The fourth-order valence-corrected chi connectivity index (χ4v) is 4.18. The third-order valence-electron chi connectivity index (χ3n) is 5.43. The molecule has 0 spiro atoms. The van der Waals surface area contributed by atoms with Gasteiger partial charge >= 0.3 is 5.97 Å². The van der Waals surface area contributed by atoms with Gasteiger partial charge in [-0.3, -0.25) is 14.9 Å². The number of carboxylic acids is 1. The molecule has 2 N–H and O–H groups in total. The van der Waals surface area contributed by atoms with Crippen LogP contribution < -0.4 is 4.90 Å². The molecule has 8 nitrogen and oxygen atoms in total. The van der Waals surface area contributed by atoms with Crippen LogP contribution in [-0.2, 0) is 12.8 Å². The van der Waals surface area contributed by atoms with Gasteiger partial charge in [0.25, 0.3) is 5.69 Å². The highest BCUT2D eigenvalue weighted by atomic mass is 16.6. The Balaban J connectivity index is 1.89. The van der Waals surface area contributed by atoms with Crippen molar-refractivity contribution >= 4 is 23.1 Å². The van der Waals surface area contributed by atoms with Crippen LogP contribution in [0.1, 0.15) is 50.2 Å². The van der Waals surface area contributed by atoms with E-state index in [4.69, 9.17) is 0 Å². The van der Waals surface area contributed by atoms with Crippen molar-refractivity contribution in [3.05, 3.63) is 62.2 Å². The molecule has 0 saturated carbocycles. The van der Waals surface area contributed by atoms with Gasteiger partial charge in [0.2, 0.25) is 0 Å². The first-order chi connectivity index (χ1) is 13.4. The number of aromatic carboxylic acids is 1. The standard InChI is InChI=1S/C20H18N2O6/c23-18-14-4-2-8-21-7-1-3-11(17(14)21)9-16(18)19(24)15-10-12(22(27)28)5-6-13(15)20(25)26/h5-6,9-10,23H,1-4,7-8H2,(H,25,26). The molecule has 144 valence electrons. The number of non-ortho nitro benzene ring substituents is 1. The van der Waals surface area contributed by atoms with Crippen LogP contribution in [0.5, 0.6) is 5.75 Å². The van der Waals surface area contributed by atoms with E-state index in [1.54, 1.807) is 6.07 Å². The van der Waals surface area contributed by atoms with E-state index in [1.165, 1.54) is 0 Å². The van der Waals surface area contributed by atoms with Crippen LogP contribution >= 0.6 is 0 Å². The van der Waals surface area contributed by atoms with Crippen LogP contribution in [0.3, 0.4) is 0 Å².